The Morgan fingerprint density at radius 3 is 2.38 bits per heavy atom. The van der Waals surface area contributed by atoms with Crippen molar-refractivity contribution in [1.29, 1.82) is 0 Å². The second kappa shape index (κ2) is 5.49. The number of nitrogens with zero attached hydrogens (tertiary/aromatic N) is 3. The molecule has 0 bridgehead atoms. The van der Waals surface area contributed by atoms with Gasteiger partial charge < -0.3 is 9.30 Å². The van der Waals surface area contributed by atoms with Crippen LogP contribution in [-0.4, -0.2) is 39.9 Å². The first-order valence-electron chi connectivity index (χ1n) is 7.63. The Kier molecular flexibility index (Phi) is 3.30. The summed E-state index contributed by atoms with van der Waals surface area (Å²) in [4.78, 5) is 30.4. The maximum Gasteiger partial charge on any atom is 0.261 e. The van der Waals surface area contributed by atoms with Gasteiger partial charge in [-0.1, -0.05) is 12.1 Å². The Labute approximate surface area is 138 Å². The fourth-order valence-corrected chi connectivity index (χ4v) is 3.00. The molecule has 1 aliphatic heterocycles. The molecule has 0 saturated carbocycles. The minimum absolute atomic E-state index is 0.235. The van der Waals surface area contributed by atoms with Gasteiger partial charge in [-0.15, -0.1) is 0 Å². The van der Waals surface area contributed by atoms with Gasteiger partial charge in [0, 0.05) is 19.2 Å². The molecule has 0 N–H and O–H groups in total. The SMILES string of the molecule is COc1ccc2c(c1)ncn2CCN1C(=O)c2ccccc2C1=O. The summed E-state index contributed by atoms with van der Waals surface area (Å²) in [5.74, 6) is 0.275. The van der Waals surface area contributed by atoms with Gasteiger partial charge in [0.2, 0.25) is 0 Å². The van der Waals surface area contributed by atoms with E-state index < -0.39 is 0 Å². The molecular formula is C18H15N3O3. The van der Waals surface area contributed by atoms with Crippen LogP contribution in [0.25, 0.3) is 11.0 Å². The molecule has 3 aromatic rings. The second-order valence-corrected chi connectivity index (χ2v) is 5.60. The molecule has 0 fully saturated rings. The normalized spacial score (nSPS) is 13.6. The summed E-state index contributed by atoms with van der Waals surface area (Å²) < 4.78 is 7.12. The number of hydrogen-bond acceptors (Lipinski definition) is 4. The summed E-state index contributed by atoms with van der Waals surface area (Å²) in [6.45, 7) is 0.804. The lowest BCUT2D eigenvalue weighted by Crippen LogP contribution is -2.32. The Balaban J connectivity index is 1.56. The van der Waals surface area contributed by atoms with Crippen molar-refractivity contribution < 1.29 is 14.3 Å². The number of rotatable bonds is 4. The van der Waals surface area contributed by atoms with E-state index in [1.165, 1.54) is 4.90 Å². The van der Waals surface area contributed by atoms with Gasteiger partial charge >= 0.3 is 0 Å². The van der Waals surface area contributed by atoms with Crippen molar-refractivity contribution in [2.24, 2.45) is 0 Å². The lowest BCUT2D eigenvalue weighted by Gasteiger charge is -2.14. The third-order valence-electron chi connectivity index (χ3n) is 4.27. The lowest BCUT2D eigenvalue weighted by molar-refractivity contribution is 0.0649. The summed E-state index contributed by atoms with van der Waals surface area (Å²) in [5, 5.41) is 0. The van der Waals surface area contributed by atoms with Crippen molar-refractivity contribution in [2.75, 3.05) is 13.7 Å². The van der Waals surface area contributed by atoms with Crippen LogP contribution >= 0.6 is 0 Å². The van der Waals surface area contributed by atoms with Gasteiger partial charge in [0.25, 0.3) is 11.8 Å². The molecule has 24 heavy (non-hydrogen) atoms. The van der Waals surface area contributed by atoms with E-state index in [0.29, 0.717) is 24.2 Å². The fourth-order valence-electron chi connectivity index (χ4n) is 3.00. The van der Waals surface area contributed by atoms with Crippen LogP contribution in [0.15, 0.2) is 48.8 Å². The number of amides is 2. The van der Waals surface area contributed by atoms with Gasteiger partial charge in [0.1, 0.15) is 5.75 Å². The highest BCUT2D eigenvalue weighted by atomic mass is 16.5. The van der Waals surface area contributed by atoms with Crippen LogP contribution in [0.4, 0.5) is 0 Å². The molecule has 2 amide bonds. The number of hydrogen-bond donors (Lipinski definition) is 0. The summed E-state index contributed by atoms with van der Waals surface area (Å²) in [7, 11) is 1.61. The molecule has 0 atom stereocenters. The Bertz CT molecular complexity index is 926. The lowest BCUT2D eigenvalue weighted by atomic mass is 10.1. The molecule has 0 spiro atoms. The zero-order valence-corrected chi connectivity index (χ0v) is 13.1. The predicted molar refractivity (Wildman–Crippen MR) is 88.1 cm³/mol. The highest BCUT2D eigenvalue weighted by Crippen LogP contribution is 2.23. The van der Waals surface area contributed by atoms with Gasteiger partial charge in [-0.25, -0.2) is 4.98 Å². The maximum absolute atomic E-state index is 12.4. The molecule has 0 radical (unpaired) electrons. The molecule has 6 nitrogen and oxygen atoms in total. The van der Waals surface area contributed by atoms with Gasteiger partial charge in [-0.3, -0.25) is 14.5 Å². The van der Waals surface area contributed by atoms with E-state index in [2.05, 4.69) is 4.98 Å². The van der Waals surface area contributed by atoms with Gasteiger partial charge in [0.15, 0.2) is 0 Å². The highest BCUT2D eigenvalue weighted by Gasteiger charge is 2.34. The number of imide groups is 1. The number of carbonyl (C=O) groups is 2. The number of imidazole rings is 1. The first-order valence-corrected chi connectivity index (χ1v) is 7.63. The topological polar surface area (TPSA) is 64.4 Å². The molecule has 6 heteroatoms. The average molecular weight is 321 g/mol. The first-order chi connectivity index (χ1) is 11.7. The summed E-state index contributed by atoms with van der Waals surface area (Å²) in [6, 6.07) is 12.6. The number of fused-ring (bicyclic) bond motifs is 2. The molecule has 1 aromatic heterocycles. The van der Waals surface area contributed by atoms with E-state index >= 15 is 0 Å². The monoisotopic (exact) mass is 321 g/mol. The molecule has 0 unspecified atom stereocenters. The van der Waals surface area contributed by atoms with Gasteiger partial charge in [-0.2, -0.15) is 0 Å². The summed E-state index contributed by atoms with van der Waals surface area (Å²) in [5.41, 5.74) is 2.70. The van der Waals surface area contributed by atoms with Crippen molar-refractivity contribution in [3.05, 3.63) is 59.9 Å². The number of aromatic nitrogens is 2. The third-order valence-corrected chi connectivity index (χ3v) is 4.27. The molecule has 1 aliphatic rings. The molecule has 2 aromatic carbocycles. The second-order valence-electron chi connectivity index (χ2n) is 5.60. The quantitative estimate of drug-likeness (QED) is 0.692. The number of carbonyl (C=O) groups excluding carboxylic acids is 2. The average Bonchev–Trinajstić information content (AvgIpc) is 3.13. The predicted octanol–water partition coefficient (Wildman–Crippen LogP) is 2.34. The zero-order valence-electron chi connectivity index (χ0n) is 13.1. The zero-order chi connectivity index (χ0) is 16.7. The summed E-state index contributed by atoms with van der Waals surface area (Å²) >= 11 is 0. The van der Waals surface area contributed by atoms with Crippen LogP contribution in [-0.2, 0) is 6.54 Å². The van der Waals surface area contributed by atoms with Crippen LogP contribution in [0.1, 0.15) is 20.7 Å². The first kappa shape index (κ1) is 14.4. The third kappa shape index (κ3) is 2.15. The van der Waals surface area contributed by atoms with Crippen molar-refractivity contribution in [1.82, 2.24) is 14.5 Å². The smallest absolute Gasteiger partial charge is 0.261 e. The molecular weight excluding hydrogens is 306 g/mol. The molecule has 2 heterocycles. The van der Waals surface area contributed by atoms with Crippen LogP contribution in [0.5, 0.6) is 5.75 Å². The van der Waals surface area contributed by atoms with Crippen LogP contribution in [0, 0.1) is 0 Å². The van der Waals surface area contributed by atoms with Crippen LogP contribution < -0.4 is 4.74 Å². The minimum atomic E-state index is -0.235. The van der Waals surface area contributed by atoms with E-state index in [0.717, 1.165) is 16.8 Å². The van der Waals surface area contributed by atoms with E-state index in [4.69, 9.17) is 4.74 Å². The number of ether oxygens (including phenoxy) is 1. The van der Waals surface area contributed by atoms with Gasteiger partial charge in [-0.05, 0) is 24.3 Å². The summed E-state index contributed by atoms with van der Waals surface area (Å²) in [6.07, 6.45) is 1.71. The van der Waals surface area contributed by atoms with E-state index in [1.807, 2.05) is 22.8 Å². The molecule has 0 saturated heterocycles. The van der Waals surface area contributed by atoms with Gasteiger partial charge in [0.05, 0.1) is 35.6 Å². The largest absolute Gasteiger partial charge is 0.497 e. The minimum Gasteiger partial charge on any atom is -0.497 e. The Hall–Kier alpha value is -3.15. The van der Waals surface area contributed by atoms with Crippen molar-refractivity contribution in [3.8, 4) is 5.75 Å². The molecule has 120 valence electrons. The van der Waals surface area contributed by atoms with Crippen LogP contribution in [0.2, 0.25) is 0 Å². The molecule has 0 aliphatic carbocycles. The van der Waals surface area contributed by atoms with Crippen molar-refractivity contribution >= 4 is 22.8 Å². The number of benzene rings is 2. The maximum atomic E-state index is 12.4. The Morgan fingerprint density at radius 1 is 1.00 bits per heavy atom. The van der Waals surface area contributed by atoms with E-state index in [1.54, 1.807) is 37.7 Å². The van der Waals surface area contributed by atoms with E-state index in [9.17, 15) is 9.59 Å². The molecule has 4 rings (SSSR count). The fraction of sp³-hybridized carbons (Fsp3) is 0.167. The standard InChI is InChI=1S/C18H15N3O3/c1-24-12-6-7-16-15(10-12)19-11-20(16)8-9-21-17(22)13-4-2-3-5-14(13)18(21)23/h2-7,10-11H,8-9H2,1H3. The van der Waals surface area contributed by atoms with Crippen molar-refractivity contribution in [2.45, 2.75) is 6.54 Å². The number of methoxy groups -OCH3 is 1. The highest BCUT2D eigenvalue weighted by molar-refractivity contribution is 6.21. The van der Waals surface area contributed by atoms with Crippen molar-refractivity contribution in [3.63, 3.8) is 0 Å². The van der Waals surface area contributed by atoms with Crippen LogP contribution in [0.3, 0.4) is 0 Å². The Morgan fingerprint density at radius 2 is 1.71 bits per heavy atom. The van der Waals surface area contributed by atoms with E-state index in [-0.39, 0.29) is 11.8 Å².